The summed E-state index contributed by atoms with van der Waals surface area (Å²) in [6, 6.07) is 0. The maximum atomic E-state index is 14.9. The van der Waals surface area contributed by atoms with Gasteiger partial charge >= 0.3 is 0 Å². The van der Waals surface area contributed by atoms with Gasteiger partial charge in [0.25, 0.3) is 0 Å². The second-order valence-electron chi connectivity index (χ2n) is 26.1. The van der Waals surface area contributed by atoms with Crippen LogP contribution in [0.4, 0.5) is 0 Å². The minimum absolute atomic E-state index is 0.0632. The summed E-state index contributed by atoms with van der Waals surface area (Å²) >= 11 is 0. The summed E-state index contributed by atoms with van der Waals surface area (Å²) in [6.45, 7) is 16.8. The van der Waals surface area contributed by atoms with Gasteiger partial charge in [-0.3, -0.25) is 14.8 Å². The fourth-order valence-electron chi connectivity index (χ4n) is 19.3. The first-order valence-electron chi connectivity index (χ1n) is 26.0. The van der Waals surface area contributed by atoms with Crippen molar-refractivity contribution in [2.24, 2.45) is 74.9 Å². The van der Waals surface area contributed by atoms with Crippen molar-refractivity contribution in [3.8, 4) is 0 Å². The van der Waals surface area contributed by atoms with Crippen molar-refractivity contribution in [3.63, 3.8) is 0 Å². The number of aliphatic hydroxyl groups excluding tert-OH is 4. The van der Waals surface area contributed by atoms with E-state index >= 15 is 0 Å². The lowest BCUT2D eigenvalue weighted by atomic mass is 9.44. The molecule has 3 spiro atoms. The molecular formula is C54H74N2O10. The van der Waals surface area contributed by atoms with Crippen molar-refractivity contribution in [1.29, 1.82) is 0 Å². The number of rotatable bonds is 1. The van der Waals surface area contributed by atoms with Gasteiger partial charge in [-0.2, -0.15) is 0 Å². The molecule has 66 heavy (non-hydrogen) atoms. The van der Waals surface area contributed by atoms with E-state index < -0.39 is 69.5 Å². The molecule has 1 aromatic heterocycles. The molecule has 0 aromatic carbocycles. The van der Waals surface area contributed by atoms with Crippen molar-refractivity contribution in [2.75, 3.05) is 13.2 Å². The van der Waals surface area contributed by atoms with Crippen molar-refractivity contribution in [1.82, 2.24) is 9.97 Å². The standard InChI is InChI=1S/C54H74N2O10/c1-26-32-13-14-33-30-11-9-28-15-37-40(21-49(28,7)35(30)18-42(59)51(32,33)25-63-53(26)43(60)22-46(3,4)65-53)56-38-16-29-10-12-31-34(48(29,6)20-39(38)55-37)17-41(58)50(8)36(31)19-45-52(50,62)27(2)54(64-45)44(61)23-47(5,24-57)66-54/h14,19,26-32,34-35,41,43-45,57-58,60-62H,9-13,15-18,20-25H2,1-8H3/t26-,27-,28?,29?,30?,31?,32+,34?,35-,41+,43+,44+,45-,47-,48-,49-,50+,51+,52+,53+,54-/m0/s1. The van der Waals surface area contributed by atoms with Crippen LogP contribution in [0.25, 0.3) is 0 Å². The zero-order valence-corrected chi connectivity index (χ0v) is 40.4. The second-order valence-corrected chi connectivity index (χ2v) is 26.1. The highest BCUT2D eigenvalue weighted by molar-refractivity contribution is 5.91. The van der Waals surface area contributed by atoms with Crippen molar-refractivity contribution < 1.29 is 49.3 Å². The average Bonchev–Trinajstić information content (AvgIpc) is 3.98. The number of Topliss-reactive ketones (excluding diaryl/α,β-unsaturated/α-hetero) is 1. The molecule has 12 nitrogen and oxygen atoms in total. The van der Waals surface area contributed by atoms with Gasteiger partial charge in [0.15, 0.2) is 5.79 Å². The molecule has 4 saturated carbocycles. The molecule has 360 valence electrons. The second kappa shape index (κ2) is 13.2. The summed E-state index contributed by atoms with van der Waals surface area (Å²) in [5.74, 6) is -1.19. The highest BCUT2D eigenvalue weighted by atomic mass is 16.7. The smallest absolute Gasteiger partial charge is 0.201 e. The molecule has 1 aromatic rings. The van der Waals surface area contributed by atoms with Crippen LogP contribution in [0.2, 0.25) is 0 Å². The number of nitrogens with zero attached hydrogens (tertiary/aromatic N) is 2. The molecule has 21 atom stereocenters. The lowest BCUT2D eigenvalue weighted by molar-refractivity contribution is -0.336. The van der Waals surface area contributed by atoms with Crippen LogP contribution in [-0.4, -0.2) is 107 Å². The minimum Gasteiger partial charge on any atom is -0.393 e. The first-order chi connectivity index (χ1) is 31.0. The van der Waals surface area contributed by atoms with E-state index in [0.29, 0.717) is 49.4 Å². The van der Waals surface area contributed by atoms with Crippen LogP contribution in [0.5, 0.6) is 0 Å². The molecule has 12 heteroatoms. The quantitative estimate of drug-likeness (QED) is 0.224. The Morgan fingerprint density at radius 3 is 1.95 bits per heavy atom. The molecule has 0 radical (unpaired) electrons. The van der Waals surface area contributed by atoms with Crippen LogP contribution >= 0.6 is 0 Å². The van der Waals surface area contributed by atoms with Gasteiger partial charge in [-0.05, 0) is 137 Å². The summed E-state index contributed by atoms with van der Waals surface area (Å²) in [5, 5.41) is 58.3. The van der Waals surface area contributed by atoms with E-state index in [1.54, 1.807) is 6.92 Å². The SMILES string of the molecule is C[C@@H]1[C@]2(O[C@H]3C=C4C5CCC6Cc7nc8c(nc7C[C@]6(C)C5C[C@@H](O)[C@]4(C)[C@]31O)CC1CCC3C4=CC[C@@H]5[C@H](C)[C@@]6(OC[C@]45C(=O)C[C@@H]3[C@@]1(C)C8)OC(C)(C)C[C@H]6O)O[C@](C)(CO)C[C@H]2O. The molecule has 5 N–H and O–H groups in total. The number of hydrogen-bond acceptors (Lipinski definition) is 12. The fourth-order valence-corrected chi connectivity index (χ4v) is 19.3. The van der Waals surface area contributed by atoms with Crippen LogP contribution < -0.4 is 0 Å². The molecule has 5 unspecified atom stereocenters. The molecular weight excluding hydrogens is 837 g/mol. The van der Waals surface area contributed by atoms with Crippen molar-refractivity contribution >= 4 is 5.78 Å². The predicted molar refractivity (Wildman–Crippen MR) is 240 cm³/mol. The summed E-state index contributed by atoms with van der Waals surface area (Å²) in [7, 11) is 0. The van der Waals surface area contributed by atoms with Crippen molar-refractivity contribution in [3.05, 3.63) is 46.1 Å². The van der Waals surface area contributed by atoms with Crippen LogP contribution in [0, 0.1) is 74.9 Å². The van der Waals surface area contributed by atoms with E-state index in [2.05, 4.69) is 32.9 Å². The third-order valence-electron chi connectivity index (χ3n) is 22.9. The topological polar surface area (TPSA) is 181 Å². The molecule has 13 rings (SSSR count). The number of ketones is 1. The van der Waals surface area contributed by atoms with E-state index in [1.807, 2.05) is 27.7 Å². The number of aromatic nitrogens is 2. The molecule has 0 amide bonds. The Labute approximate surface area is 389 Å². The first-order valence-corrected chi connectivity index (χ1v) is 26.0. The average molecular weight is 911 g/mol. The van der Waals surface area contributed by atoms with Crippen LogP contribution in [0.15, 0.2) is 23.3 Å². The van der Waals surface area contributed by atoms with Gasteiger partial charge in [0.2, 0.25) is 5.79 Å². The molecule has 4 aliphatic heterocycles. The Kier molecular flexibility index (Phi) is 8.79. The molecule has 8 fully saturated rings. The van der Waals surface area contributed by atoms with Crippen LogP contribution in [-0.2, 0) is 49.4 Å². The van der Waals surface area contributed by atoms with Gasteiger partial charge in [-0.15, -0.1) is 0 Å². The molecule has 8 aliphatic carbocycles. The van der Waals surface area contributed by atoms with Gasteiger partial charge in [-0.1, -0.05) is 57.9 Å². The Bertz CT molecular complexity index is 2390. The molecule has 5 heterocycles. The zero-order chi connectivity index (χ0) is 46.3. The summed E-state index contributed by atoms with van der Waals surface area (Å²) in [4.78, 5) is 26.1. The maximum absolute atomic E-state index is 14.9. The van der Waals surface area contributed by atoms with Gasteiger partial charge in [0.05, 0.1) is 58.7 Å². The summed E-state index contributed by atoms with van der Waals surface area (Å²) < 4.78 is 26.3. The zero-order valence-electron chi connectivity index (χ0n) is 40.4. The number of aliphatic hydroxyl groups is 5. The van der Waals surface area contributed by atoms with E-state index in [1.165, 1.54) is 5.57 Å². The number of carbonyl (C=O) groups is 1. The first kappa shape index (κ1) is 43.9. The lowest BCUT2D eigenvalue weighted by Crippen LogP contribution is -2.65. The van der Waals surface area contributed by atoms with Gasteiger partial charge < -0.3 is 44.5 Å². The highest BCUT2D eigenvalue weighted by Crippen LogP contribution is 2.72. The van der Waals surface area contributed by atoms with Gasteiger partial charge in [0, 0.05) is 36.5 Å². The van der Waals surface area contributed by atoms with E-state index in [-0.39, 0.29) is 53.4 Å². The Morgan fingerprint density at radius 1 is 0.727 bits per heavy atom. The van der Waals surface area contributed by atoms with E-state index in [0.717, 1.165) is 86.1 Å². The lowest BCUT2D eigenvalue weighted by Gasteiger charge is -2.61. The number of hydrogen-bond donors (Lipinski definition) is 5. The normalized spacial score (nSPS) is 56.8. The molecule has 4 saturated heterocycles. The van der Waals surface area contributed by atoms with E-state index in [4.69, 9.17) is 28.9 Å². The Morgan fingerprint density at radius 2 is 1.35 bits per heavy atom. The minimum atomic E-state index is -1.49. The maximum Gasteiger partial charge on any atom is 0.201 e. The summed E-state index contributed by atoms with van der Waals surface area (Å²) in [6.07, 6.45) is 11.4. The molecule has 12 aliphatic rings. The van der Waals surface area contributed by atoms with Crippen LogP contribution in [0.3, 0.4) is 0 Å². The number of ether oxygens (including phenoxy) is 4. The van der Waals surface area contributed by atoms with E-state index in [9.17, 15) is 30.3 Å². The predicted octanol–water partition coefficient (Wildman–Crippen LogP) is 5.50. The third-order valence-corrected chi connectivity index (χ3v) is 22.9. The highest BCUT2D eigenvalue weighted by Gasteiger charge is 2.79. The fraction of sp³-hybridized carbons (Fsp3) is 0.833. The Hall–Kier alpha value is -2.13. The Balaban J connectivity index is 0.762. The summed E-state index contributed by atoms with van der Waals surface area (Å²) in [5.41, 5.74) is 2.15. The third kappa shape index (κ3) is 4.97. The van der Waals surface area contributed by atoms with Crippen LogP contribution in [0.1, 0.15) is 136 Å². The number of allylic oxidation sites excluding steroid dienone is 1. The largest absolute Gasteiger partial charge is 0.393 e. The van der Waals surface area contributed by atoms with Gasteiger partial charge in [-0.25, -0.2) is 0 Å². The number of fused-ring (bicyclic) bond motifs is 13. The van der Waals surface area contributed by atoms with Crippen molar-refractivity contribution in [2.45, 2.75) is 192 Å². The molecule has 0 bridgehead atoms. The number of carbonyl (C=O) groups excluding carboxylic acids is 1. The monoisotopic (exact) mass is 911 g/mol. The van der Waals surface area contributed by atoms with Gasteiger partial charge in [0.1, 0.15) is 29.7 Å².